The predicted molar refractivity (Wildman–Crippen MR) is 66.3 cm³/mol. The van der Waals surface area contributed by atoms with E-state index in [9.17, 15) is 4.79 Å². The Labute approximate surface area is 102 Å². The van der Waals surface area contributed by atoms with Crippen LogP contribution in [0.5, 0.6) is 0 Å². The summed E-state index contributed by atoms with van der Waals surface area (Å²) in [6, 6.07) is 5.53. The number of thiophene rings is 1. The summed E-state index contributed by atoms with van der Waals surface area (Å²) >= 11 is 1.58. The van der Waals surface area contributed by atoms with E-state index in [1.807, 2.05) is 17.5 Å². The van der Waals surface area contributed by atoms with E-state index >= 15 is 0 Å². The summed E-state index contributed by atoms with van der Waals surface area (Å²) in [7, 11) is 1.75. The van der Waals surface area contributed by atoms with Crippen LogP contribution in [-0.2, 0) is 7.05 Å². The molecule has 0 aliphatic rings. The van der Waals surface area contributed by atoms with Crippen molar-refractivity contribution in [2.24, 2.45) is 7.05 Å². The zero-order valence-corrected chi connectivity index (χ0v) is 9.94. The number of hydrogen-bond acceptors (Lipinski definition) is 4. The lowest BCUT2D eigenvalue weighted by molar-refractivity contribution is 0.103. The highest BCUT2D eigenvalue weighted by Gasteiger charge is 2.13. The Balaban J connectivity index is 2.09. The van der Waals surface area contributed by atoms with Crippen LogP contribution in [0.3, 0.4) is 0 Å². The van der Waals surface area contributed by atoms with E-state index in [4.69, 9.17) is 0 Å². The van der Waals surface area contributed by atoms with E-state index in [1.54, 1.807) is 41.5 Å². The third-order valence-electron chi connectivity index (χ3n) is 2.62. The Bertz CT molecular complexity index is 698. The van der Waals surface area contributed by atoms with Gasteiger partial charge in [0.2, 0.25) is 5.78 Å². The van der Waals surface area contributed by atoms with Gasteiger partial charge in [-0.2, -0.15) is 5.10 Å². The molecule has 0 amide bonds. The summed E-state index contributed by atoms with van der Waals surface area (Å²) < 4.78 is 2.60. The number of rotatable bonds is 2. The van der Waals surface area contributed by atoms with Crippen LogP contribution in [0.15, 0.2) is 36.0 Å². The number of ketones is 1. The van der Waals surface area contributed by atoms with Crippen LogP contribution in [0, 0.1) is 0 Å². The quantitative estimate of drug-likeness (QED) is 0.649. The van der Waals surface area contributed by atoms with Crippen LogP contribution < -0.4 is 0 Å². The SMILES string of the molecule is Cn1nccc1C(=O)c1cnc2ccsc2c1. The van der Waals surface area contributed by atoms with Gasteiger partial charge in [0.1, 0.15) is 5.69 Å². The number of aromatic nitrogens is 3. The lowest BCUT2D eigenvalue weighted by Gasteiger charge is -2.01. The maximum Gasteiger partial charge on any atom is 0.212 e. The van der Waals surface area contributed by atoms with Crippen molar-refractivity contribution in [3.05, 3.63) is 47.2 Å². The minimum absolute atomic E-state index is 0.0483. The maximum atomic E-state index is 12.2. The third kappa shape index (κ3) is 1.64. The normalized spacial score (nSPS) is 10.9. The maximum absolute atomic E-state index is 12.2. The summed E-state index contributed by atoms with van der Waals surface area (Å²) in [5.74, 6) is -0.0483. The first-order chi connectivity index (χ1) is 8.25. The van der Waals surface area contributed by atoms with E-state index in [0.29, 0.717) is 11.3 Å². The molecule has 3 rings (SSSR count). The lowest BCUT2D eigenvalue weighted by atomic mass is 10.1. The predicted octanol–water partition coefficient (Wildman–Crippen LogP) is 2.26. The number of carbonyl (C=O) groups excluding carboxylic acids is 1. The van der Waals surface area contributed by atoms with Gasteiger partial charge in [0, 0.05) is 25.0 Å². The Morgan fingerprint density at radius 2 is 2.29 bits per heavy atom. The lowest BCUT2D eigenvalue weighted by Crippen LogP contribution is -2.08. The molecule has 3 aromatic rings. The second-order valence-electron chi connectivity index (χ2n) is 3.70. The molecule has 0 fully saturated rings. The van der Waals surface area contributed by atoms with Gasteiger partial charge in [-0.05, 0) is 23.6 Å². The highest BCUT2D eigenvalue weighted by molar-refractivity contribution is 7.17. The molecular weight excluding hydrogens is 234 g/mol. The van der Waals surface area contributed by atoms with Gasteiger partial charge in [0.25, 0.3) is 0 Å². The molecule has 0 saturated carbocycles. The number of carbonyl (C=O) groups is 1. The van der Waals surface area contributed by atoms with E-state index in [2.05, 4.69) is 10.1 Å². The first-order valence-corrected chi connectivity index (χ1v) is 5.99. The molecule has 0 atom stereocenters. The average molecular weight is 243 g/mol. The van der Waals surface area contributed by atoms with Gasteiger partial charge >= 0.3 is 0 Å². The summed E-state index contributed by atoms with van der Waals surface area (Å²) in [6.07, 6.45) is 3.23. The number of pyridine rings is 1. The van der Waals surface area contributed by atoms with Crippen LogP contribution in [0.2, 0.25) is 0 Å². The minimum atomic E-state index is -0.0483. The largest absolute Gasteiger partial charge is 0.287 e. The first-order valence-electron chi connectivity index (χ1n) is 5.11. The van der Waals surface area contributed by atoms with Crippen LogP contribution in [0.25, 0.3) is 10.2 Å². The average Bonchev–Trinajstić information content (AvgIpc) is 2.95. The molecule has 0 aromatic carbocycles. The Morgan fingerprint density at radius 1 is 1.41 bits per heavy atom. The van der Waals surface area contributed by atoms with Crippen molar-refractivity contribution in [3.63, 3.8) is 0 Å². The van der Waals surface area contributed by atoms with Crippen molar-refractivity contribution in [2.75, 3.05) is 0 Å². The van der Waals surface area contributed by atoms with Crippen LogP contribution >= 0.6 is 11.3 Å². The summed E-state index contributed by atoms with van der Waals surface area (Å²) in [5, 5.41) is 5.96. The summed E-state index contributed by atoms with van der Waals surface area (Å²) in [4.78, 5) is 16.5. The van der Waals surface area contributed by atoms with Gasteiger partial charge in [-0.3, -0.25) is 14.5 Å². The first kappa shape index (κ1) is 10.2. The molecular formula is C12H9N3OS. The van der Waals surface area contributed by atoms with Crippen LogP contribution in [0.1, 0.15) is 16.1 Å². The van der Waals surface area contributed by atoms with Crippen molar-refractivity contribution < 1.29 is 4.79 Å². The molecule has 3 aromatic heterocycles. The molecule has 5 heteroatoms. The smallest absolute Gasteiger partial charge is 0.212 e. The molecule has 4 nitrogen and oxygen atoms in total. The fourth-order valence-electron chi connectivity index (χ4n) is 1.72. The van der Waals surface area contributed by atoms with Crippen molar-refractivity contribution >= 4 is 27.3 Å². The van der Waals surface area contributed by atoms with Crippen molar-refractivity contribution in [1.82, 2.24) is 14.8 Å². The molecule has 0 unspecified atom stereocenters. The number of hydrogen-bond donors (Lipinski definition) is 0. The van der Waals surface area contributed by atoms with Gasteiger partial charge in [-0.15, -0.1) is 11.3 Å². The molecule has 0 aliphatic heterocycles. The summed E-state index contributed by atoms with van der Waals surface area (Å²) in [5.41, 5.74) is 2.10. The zero-order valence-electron chi connectivity index (χ0n) is 9.12. The molecule has 0 N–H and O–H groups in total. The van der Waals surface area contributed by atoms with E-state index in [-0.39, 0.29) is 5.78 Å². The molecule has 0 bridgehead atoms. The monoisotopic (exact) mass is 243 g/mol. The van der Waals surface area contributed by atoms with Crippen molar-refractivity contribution in [2.45, 2.75) is 0 Å². The zero-order chi connectivity index (χ0) is 11.8. The Morgan fingerprint density at radius 3 is 3.06 bits per heavy atom. The molecule has 0 radical (unpaired) electrons. The van der Waals surface area contributed by atoms with E-state index < -0.39 is 0 Å². The van der Waals surface area contributed by atoms with Crippen molar-refractivity contribution in [1.29, 1.82) is 0 Å². The number of nitrogens with zero attached hydrogens (tertiary/aromatic N) is 3. The van der Waals surface area contributed by atoms with E-state index in [0.717, 1.165) is 10.2 Å². The topological polar surface area (TPSA) is 47.8 Å². The second kappa shape index (κ2) is 3.78. The van der Waals surface area contributed by atoms with Crippen LogP contribution in [0.4, 0.5) is 0 Å². The van der Waals surface area contributed by atoms with E-state index in [1.165, 1.54) is 0 Å². The highest BCUT2D eigenvalue weighted by atomic mass is 32.1. The number of fused-ring (bicyclic) bond motifs is 1. The highest BCUT2D eigenvalue weighted by Crippen LogP contribution is 2.20. The van der Waals surface area contributed by atoms with Gasteiger partial charge in [0.15, 0.2) is 0 Å². The molecule has 84 valence electrons. The van der Waals surface area contributed by atoms with Gasteiger partial charge in [0.05, 0.1) is 10.2 Å². The number of aryl methyl sites for hydroxylation is 1. The second-order valence-corrected chi connectivity index (χ2v) is 4.64. The van der Waals surface area contributed by atoms with Gasteiger partial charge in [-0.25, -0.2) is 0 Å². The van der Waals surface area contributed by atoms with Gasteiger partial charge < -0.3 is 0 Å². The van der Waals surface area contributed by atoms with Gasteiger partial charge in [-0.1, -0.05) is 0 Å². The molecule has 0 spiro atoms. The van der Waals surface area contributed by atoms with Crippen LogP contribution in [-0.4, -0.2) is 20.5 Å². The molecule has 17 heavy (non-hydrogen) atoms. The molecule has 0 saturated heterocycles. The standard InChI is InChI=1S/C12H9N3OS/c1-15-10(2-4-14-15)12(16)8-6-11-9(13-7-8)3-5-17-11/h2-7H,1H3. The van der Waals surface area contributed by atoms with Crippen molar-refractivity contribution in [3.8, 4) is 0 Å². The minimum Gasteiger partial charge on any atom is -0.287 e. The summed E-state index contributed by atoms with van der Waals surface area (Å²) in [6.45, 7) is 0. The Kier molecular flexibility index (Phi) is 2.26. The Hall–Kier alpha value is -2.01. The molecule has 3 heterocycles. The fourth-order valence-corrected chi connectivity index (χ4v) is 2.50. The fraction of sp³-hybridized carbons (Fsp3) is 0.0833. The molecule has 0 aliphatic carbocycles. The third-order valence-corrected chi connectivity index (χ3v) is 3.47.